The standard InChI is InChI=1S/C30H29N3O4S/c1-36-27(34)25-26(28(35)37-2)38-29(31-24-16-10-5-11-17-24)30(25)32(20-22-12-6-3-7-13-22)18-19-33(30)21-23-14-8-4-9-15-23/h3-17H,18-21H2,1-2H3. The highest BCUT2D eigenvalue weighted by molar-refractivity contribution is 8.18. The number of nitrogens with zero attached hydrogens (tertiary/aromatic N) is 3. The van der Waals surface area contributed by atoms with Crippen molar-refractivity contribution in [2.24, 2.45) is 4.99 Å². The molecule has 1 saturated heterocycles. The van der Waals surface area contributed by atoms with Crippen LogP contribution in [-0.2, 0) is 32.2 Å². The summed E-state index contributed by atoms with van der Waals surface area (Å²) in [4.78, 5) is 36.4. The topological polar surface area (TPSA) is 71.4 Å². The Kier molecular flexibility index (Phi) is 7.74. The molecule has 2 aliphatic rings. The second-order valence-electron chi connectivity index (χ2n) is 9.03. The highest BCUT2D eigenvalue weighted by Gasteiger charge is 2.62. The van der Waals surface area contributed by atoms with Gasteiger partial charge in [0.05, 0.1) is 19.9 Å². The van der Waals surface area contributed by atoms with Gasteiger partial charge in [-0.15, -0.1) is 0 Å². The number of rotatable bonds is 7. The van der Waals surface area contributed by atoms with E-state index in [0.29, 0.717) is 31.2 Å². The van der Waals surface area contributed by atoms with Gasteiger partial charge in [0.2, 0.25) is 0 Å². The van der Waals surface area contributed by atoms with Crippen molar-refractivity contribution in [3.05, 3.63) is 113 Å². The van der Waals surface area contributed by atoms with Crippen molar-refractivity contribution in [1.29, 1.82) is 0 Å². The molecule has 1 spiro atoms. The molecule has 194 valence electrons. The van der Waals surface area contributed by atoms with E-state index in [1.807, 2.05) is 66.7 Å². The van der Waals surface area contributed by atoms with Crippen LogP contribution >= 0.6 is 11.8 Å². The quantitative estimate of drug-likeness (QED) is 0.410. The minimum atomic E-state index is -1.12. The van der Waals surface area contributed by atoms with Crippen LogP contribution in [0, 0.1) is 0 Å². The van der Waals surface area contributed by atoms with Gasteiger partial charge in [-0.25, -0.2) is 14.6 Å². The van der Waals surface area contributed by atoms with Gasteiger partial charge in [-0.1, -0.05) is 90.6 Å². The number of carbonyl (C=O) groups is 2. The van der Waals surface area contributed by atoms with Gasteiger partial charge < -0.3 is 9.47 Å². The van der Waals surface area contributed by atoms with Crippen LogP contribution in [0.2, 0.25) is 0 Å². The van der Waals surface area contributed by atoms with E-state index in [1.165, 1.54) is 26.0 Å². The van der Waals surface area contributed by atoms with Crippen molar-refractivity contribution in [1.82, 2.24) is 9.80 Å². The second kappa shape index (κ2) is 11.3. The fraction of sp³-hybridized carbons (Fsp3) is 0.233. The van der Waals surface area contributed by atoms with Crippen LogP contribution in [-0.4, -0.2) is 59.8 Å². The molecule has 8 heteroatoms. The molecular weight excluding hydrogens is 498 g/mol. The summed E-state index contributed by atoms with van der Waals surface area (Å²) in [5.41, 5.74) is 2.04. The molecule has 0 bridgehead atoms. The van der Waals surface area contributed by atoms with Crippen molar-refractivity contribution < 1.29 is 19.1 Å². The van der Waals surface area contributed by atoms with Gasteiger partial charge in [-0.3, -0.25) is 9.80 Å². The molecule has 0 saturated carbocycles. The largest absolute Gasteiger partial charge is 0.466 e. The lowest BCUT2D eigenvalue weighted by Gasteiger charge is -2.42. The molecule has 1 fully saturated rings. The van der Waals surface area contributed by atoms with E-state index in [-0.39, 0.29) is 10.5 Å². The third-order valence-electron chi connectivity index (χ3n) is 6.81. The summed E-state index contributed by atoms with van der Waals surface area (Å²) in [5.74, 6) is -1.16. The zero-order chi connectivity index (χ0) is 26.5. The number of benzene rings is 3. The first kappa shape index (κ1) is 25.9. The second-order valence-corrected chi connectivity index (χ2v) is 10.0. The summed E-state index contributed by atoms with van der Waals surface area (Å²) in [6, 6.07) is 29.8. The van der Waals surface area contributed by atoms with Crippen molar-refractivity contribution in [2.45, 2.75) is 18.8 Å². The van der Waals surface area contributed by atoms with Gasteiger partial charge in [0.15, 0.2) is 5.66 Å². The molecule has 2 aliphatic heterocycles. The molecule has 0 atom stereocenters. The van der Waals surface area contributed by atoms with Crippen LogP contribution in [0.1, 0.15) is 11.1 Å². The summed E-state index contributed by atoms with van der Waals surface area (Å²) in [5, 5.41) is 0.619. The third-order valence-corrected chi connectivity index (χ3v) is 7.95. The molecule has 0 N–H and O–H groups in total. The monoisotopic (exact) mass is 527 g/mol. The Morgan fingerprint density at radius 3 is 1.71 bits per heavy atom. The van der Waals surface area contributed by atoms with Crippen LogP contribution < -0.4 is 0 Å². The predicted octanol–water partition coefficient (Wildman–Crippen LogP) is 4.78. The number of aliphatic imine (C=N–C) groups is 1. The van der Waals surface area contributed by atoms with Gasteiger partial charge in [-0.05, 0) is 23.3 Å². The van der Waals surface area contributed by atoms with Crippen molar-refractivity contribution >= 4 is 34.4 Å². The van der Waals surface area contributed by atoms with Crippen LogP contribution in [0.3, 0.4) is 0 Å². The number of para-hydroxylation sites is 1. The molecular formula is C30H29N3O4S. The van der Waals surface area contributed by atoms with Gasteiger partial charge in [0, 0.05) is 26.2 Å². The molecule has 3 aromatic rings. The van der Waals surface area contributed by atoms with Crippen LogP contribution in [0.4, 0.5) is 5.69 Å². The highest BCUT2D eigenvalue weighted by Crippen LogP contribution is 2.51. The zero-order valence-corrected chi connectivity index (χ0v) is 22.2. The number of esters is 2. The Morgan fingerprint density at radius 1 is 0.763 bits per heavy atom. The molecule has 5 rings (SSSR count). The lowest BCUT2D eigenvalue weighted by molar-refractivity contribution is -0.140. The van der Waals surface area contributed by atoms with E-state index >= 15 is 0 Å². The first-order chi connectivity index (χ1) is 18.6. The number of methoxy groups -OCH3 is 2. The molecule has 0 amide bonds. The van der Waals surface area contributed by atoms with Crippen LogP contribution in [0.25, 0.3) is 0 Å². The van der Waals surface area contributed by atoms with E-state index in [4.69, 9.17) is 14.5 Å². The summed E-state index contributed by atoms with van der Waals surface area (Å²) >= 11 is 1.19. The number of thioether (sulfide) groups is 1. The predicted molar refractivity (Wildman–Crippen MR) is 149 cm³/mol. The Hall–Kier alpha value is -3.72. The molecule has 0 aromatic heterocycles. The van der Waals surface area contributed by atoms with Gasteiger partial charge >= 0.3 is 11.9 Å². The van der Waals surface area contributed by atoms with E-state index in [1.54, 1.807) is 0 Å². The van der Waals surface area contributed by atoms with Crippen molar-refractivity contribution in [3.8, 4) is 0 Å². The maximum absolute atomic E-state index is 13.6. The first-order valence-electron chi connectivity index (χ1n) is 12.4. The molecule has 0 aliphatic carbocycles. The lowest BCUT2D eigenvalue weighted by Crippen LogP contribution is -2.59. The van der Waals surface area contributed by atoms with Crippen molar-refractivity contribution in [3.63, 3.8) is 0 Å². The summed E-state index contributed by atoms with van der Waals surface area (Å²) in [6.07, 6.45) is 0. The fourth-order valence-electron chi connectivity index (χ4n) is 5.12. The highest BCUT2D eigenvalue weighted by atomic mass is 32.2. The molecule has 2 heterocycles. The van der Waals surface area contributed by atoms with Gasteiger partial charge in [0.25, 0.3) is 0 Å². The average molecular weight is 528 g/mol. The molecule has 0 unspecified atom stereocenters. The maximum atomic E-state index is 13.6. The van der Waals surface area contributed by atoms with Gasteiger partial charge in [0.1, 0.15) is 15.5 Å². The number of hydrogen-bond acceptors (Lipinski definition) is 8. The first-order valence-corrected chi connectivity index (χ1v) is 13.2. The molecule has 7 nitrogen and oxygen atoms in total. The Balaban J connectivity index is 1.75. The Bertz CT molecular complexity index is 1310. The fourth-order valence-corrected chi connectivity index (χ4v) is 6.47. The number of carbonyl (C=O) groups excluding carboxylic acids is 2. The molecule has 38 heavy (non-hydrogen) atoms. The Morgan fingerprint density at radius 2 is 1.24 bits per heavy atom. The van der Waals surface area contributed by atoms with Gasteiger partial charge in [-0.2, -0.15) is 0 Å². The summed E-state index contributed by atoms with van der Waals surface area (Å²) < 4.78 is 10.5. The van der Waals surface area contributed by atoms with E-state index in [0.717, 1.165) is 16.8 Å². The lowest BCUT2D eigenvalue weighted by atomic mass is 9.95. The van der Waals surface area contributed by atoms with Crippen molar-refractivity contribution in [2.75, 3.05) is 27.3 Å². The Labute approximate surface area is 226 Å². The smallest absolute Gasteiger partial charge is 0.345 e. The minimum Gasteiger partial charge on any atom is -0.466 e. The zero-order valence-electron chi connectivity index (χ0n) is 21.4. The van der Waals surface area contributed by atoms with Crippen LogP contribution in [0.15, 0.2) is 106 Å². The minimum absolute atomic E-state index is 0.201. The third kappa shape index (κ3) is 4.78. The van der Waals surface area contributed by atoms with E-state index < -0.39 is 17.6 Å². The van der Waals surface area contributed by atoms with E-state index in [2.05, 4.69) is 34.1 Å². The van der Waals surface area contributed by atoms with E-state index in [9.17, 15) is 9.59 Å². The summed E-state index contributed by atoms with van der Waals surface area (Å²) in [6.45, 7) is 2.42. The summed E-state index contributed by atoms with van der Waals surface area (Å²) in [7, 11) is 2.66. The number of ether oxygens (including phenoxy) is 2. The maximum Gasteiger partial charge on any atom is 0.345 e. The number of hydrogen-bond donors (Lipinski definition) is 0. The normalized spacial score (nSPS) is 18.3. The average Bonchev–Trinajstić information content (AvgIpc) is 3.48. The SMILES string of the molecule is COC(=O)C1=C(C(=O)OC)C2(C(=Nc3ccccc3)S1)N(Cc1ccccc1)CCN2Cc1ccccc1. The molecule has 0 radical (unpaired) electrons. The van der Waals surface area contributed by atoms with Crippen LogP contribution in [0.5, 0.6) is 0 Å². The molecule has 3 aromatic carbocycles.